The quantitative estimate of drug-likeness (QED) is 0.487. The molecule has 0 unspecified atom stereocenters. The van der Waals surface area contributed by atoms with Gasteiger partial charge in [-0.3, -0.25) is 9.59 Å². The molecular weight excluding hydrogens is 186 g/mol. The van der Waals surface area contributed by atoms with Crippen molar-refractivity contribution in [2.45, 2.75) is 39.0 Å². The third kappa shape index (κ3) is 11.5. The van der Waals surface area contributed by atoms with Crippen LogP contribution in [0.15, 0.2) is 0 Å². The summed E-state index contributed by atoms with van der Waals surface area (Å²) in [5.74, 6) is 0.0190. The highest BCUT2D eigenvalue weighted by Gasteiger charge is 1.95. The number of carbonyl (C=O) groups is 2. The van der Waals surface area contributed by atoms with Gasteiger partial charge in [-0.2, -0.15) is 0 Å². The number of carbonyl (C=O) groups excluding carboxylic acids is 2. The largest absolute Gasteiger partial charge is 0.356 e. The van der Waals surface area contributed by atoms with E-state index >= 15 is 0 Å². The molecular formula is C9H17NO2S. The van der Waals surface area contributed by atoms with Crippen molar-refractivity contribution in [3.05, 3.63) is 0 Å². The lowest BCUT2D eigenvalue weighted by Gasteiger charge is -2.01. The topological polar surface area (TPSA) is 46.2 Å². The number of hydrogen-bond donors (Lipinski definition) is 2. The molecule has 0 radical (unpaired) electrons. The highest BCUT2D eigenvalue weighted by atomic mass is 32.1. The maximum absolute atomic E-state index is 10.5. The van der Waals surface area contributed by atoms with Gasteiger partial charge in [-0.1, -0.05) is 12.8 Å². The molecule has 0 aromatic rings. The van der Waals surface area contributed by atoms with Crippen molar-refractivity contribution in [2.24, 2.45) is 0 Å². The fraction of sp³-hybridized carbons (Fsp3) is 0.778. The maximum Gasteiger partial charge on any atom is 0.216 e. The fourth-order valence-electron chi connectivity index (χ4n) is 1.02. The van der Waals surface area contributed by atoms with E-state index in [9.17, 15) is 9.59 Å². The molecule has 0 saturated heterocycles. The van der Waals surface area contributed by atoms with E-state index in [0.29, 0.717) is 6.42 Å². The first-order chi connectivity index (χ1) is 6.13. The molecule has 0 rings (SSSR count). The molecule has 1 N–H and O–H groups in total. The van der Waals surface area contributed by atoms with E-state index in [1.54, 1.807) is 0 Å². The summed E-state index contributed by atoms with van der Waals surface area (Å²) in [5, 5.41) is 2.68. The Kier molecular flexibility index (Phi) is 7.79. The molecule has 0 fully saturated rings. The van der Waals surface area contributed by atoms with E-state index in [1.807, 2.05) is 0 Å². The molecule has 0 aromatic carbocycles. The lowest BCUT2D eigenvalue weighted by molar-refractivity contribution is -0.119. The van der Waals surface area contributed by atoms with Crippen molar-refractivity contribution < 1.29 is 9.59 Å². The molecule has 0 aromatic heterocycles. The van der Waals surface area contributed by atoms with Gasteiger partial charge in [-0.15, -0.1) is 12.6 Å². The van der Waals surface area contributed by atoms with E-state index in [-0.39, 0.29) is 11.0 Å². The van der Waals surface area contributed by atoms with E-state index in [0.717, 1.165) is 32.2 Å². The van der Waals surface area contributed by atoms with Gasteiger partial charge >= 0.3 is 0 Å². The normalized spacial score (nSPS) is 9.69. The van der Waals surface area contributed by atoms with Crippen LogP contribution in [0, 0.1) is 0 Å². The maximum atomic E-state index is 10.5. The van der Waals surface area contributed by atoms with Gasteiger partial charge in [-0.05, 0) is 12.8 Å². The van der Waals surface area contributed by atoms with Crippen molar-refractivity contribution in [3.8, 4) is 0 Å². The third-order valence-corrected chi connectivity index (χ3v) is 1.91. The average Bonchev–Trinajstić information content (AvgIpc) is 2.01. The van der Waals surface area contributed by atoms with E-state index in [1.165, 1.54) is 6.92 Å². The van der Waals surface area contributed by atoms with Gasteiger partial charge in [0.25, 0.3) is 0 Å². The van der Waals surface area contributed by atoms with Crippen LogP contribution < -0.4 is 5.32 Å². The van der Waals surface area contributed by atoms with Crippen molar-refractivity contribution in [3.63, 3.8) is 0 Å². The Balaban J connectivity index is 3.00. The second kappa shape index (κ2) is 8.10. The number of amides is 1. The van der Waals surface area contributed by atoms with Crippen molar-refractivity contribution >= 4 is 23.7 Å². The van der Waals surface area contributed by atoms with Crippen LogP contribution in [-0.2, 0) is 9.59 Å². The van der Waals surface area contributed by atoms with Crippen LogP contribution in [-0.4, -0.2) is 17.6 Å². The molecule has 13 heavy (non-hydrogen) atoms. The van der Waals surface area contributed by atoms with Gasteiger partial charge < -0.3 is 5.32 Å². The average molecular weight is 203 g/mol. The van der Waals surface area contributed by atoms with E-state index in [4.69, 9.17) is 0 Å². The summed E-state index contributed by atoms with van der Waals surface area (Å²) in [5.41, 5.74) is 0. The molecule has 0 aliphatic carbocycles. The third-order valence-electron chi connectivity index (χ3n) is 1.69. The van der Waals surface area contributed by atoms with Gasteiger partial charge in [-0.25, -0.2) is 0 Å². The molecule has 0 saturated carbocycles. The number of rotatable bonds is 7. The fourth-order valence-corrected chi connectivity index (χ4v) is 1.18. The molecule has 0 aliphatic heterocycles. The summed E-state index contributed by atoms with van der Waals surface area (Å²) in [6, 6.07) is 0. The van der Waals surface area contributed by atoms with Crippen LogP contribution in [0.1, 0.15) is 39.0 Å². The van der Waals surface area contributed by atoms with Gasteiger partial charge in [0.05, 0.1) is 0 Å². The second-order valence-corrected chi connectivity index (χ2v) is 3.54. The molecule has 0 spiro atoms. The summed E-state index contributed by atoms with van der Waals surface area (Å²) < 4.78 is 0. The summed E-state index contributed by atoms with van der Waals surface area (Å²) >= 11 is 3.67. The molecule has 76 valence electrons. The minimum atomic E-state index is -0.0399. The number of nitrogens with one attached hydrogen (secondary N) is 1. The van der Waals surface area contributed by atoms with Crippen molar-refractivity contribution in [1.29, 1.82) is 0 Å². The van der Waals surface area contributed by atoms with Gasteiger partial charge in [0.2, 0.25) is 5.91 Å². The first-order valence-electron chi connectivity index (χ1n) is 4.59. The number of thiol groups is 1. The first-order valence-corrected chi connectivity index (χ1v) is 5.04. The Labute approximate surface area is 84.7 Å². The SMILES string of the molecule is CC(=O)NCCCCCCC(=O)S. The Bertz CT molecular complexity index is 153. The zero-order chi connectivity index (χ0) is 10.1. The van der Waals surface area contributed by atoms with Crippen LogP contribution in [0.25, 0.3) is 0 Å². The molecule has 1 amide bonds. The van der Waals surface area contributed by atoms with Crippen LogP contribution in [0.5, 0.6) is 0 Å². The lowest BCUT2D eigenvalue weighted by Crippen LogP contribution is -2.20. The predicted octanol–water partition coefficient (Wildman–Crippen LogP) is 1.53. The van der Waals surface area contributed by atoms with Crippen LogP contribution >= 0.6 is 12.6 Å². The standard InChI is InChI=1S/C9H17NO2S/c1-8(11)10-7-5-3-2-4-6-9(12)13/h2-7H2,1H3,(H,10,11)(H,12,13). The van der Waals surface area contributed by atoms with E-state index in [2.05, 4.69) is 17.9 Å². The smallest absolute Gasteiger partial charge is 0.216 e. The van der Waals surface area contributed by atoms with Gasteiger partial charge in [0.1, 0.15) is 0 Å². The van der Waals surface area contributed by atoms with Crippen LogP contribution in [0.4, 0.5) is 0 Å². The van der Waals surface area contributed by atoms with Crippen LogP contribution in [0.3, 0.4) is 0 Å². The van der Waals surface area contributed by atoms with Gasteiger partial charge in [0, 0.05) is 19.9 Å². The molecule has 4 heteroatoms. The Morgan fingerprint density at radius 1 is 1.15 bits per heavy atom. The van der Waals surface area contributed by atoms with Crippen LogP contribution in [0.2, 0.25) is 0 Å². The van der Waals surface area contributed by atoms with Crippen molar-refractivity contribution in [1.82, 2.24) is 5.32 Å². The second-order valence-electron chi connectivity index (χ2n) is 3.04. The Morgan fingerprint density at radius 3 is 2.31 bits per heavy atom. The van der Waals surface area contributed by atoms with E-state index < -0.39 is 0 Å². The molecule has 0 aliphatic rings. The highest BCUT2D eigenvalue weighted by Crippen LogP contribution is 2.03. The summed E-state index contributed by atoms with van der Waals surface area (Å²) in [6.45, 7) is 2.25. The van der Waals surface area contributed by atoms with Gasteiger partial charge in [0.15, 0.2) is 5.12 Å². The minimum Gasteiger partial charge on any atom is -0.356 e. The monoisotopic (exact) mass is 203 g/mol. The zero-order valence-corrected chi connectivity index (χ0v) is 8.90. The minimum absolute atomic E-state index is 0.0190. The summed E-state index contributed by atoms with van der Waals surface area (Å²) in [6.07, 6.45) is 4.54. The van der Waals surface area contributed by atoms with Crippen molar-refractivity contribution in [2.75, 3.05) is 6.54 Å². The first kappa shape index (κ1) is 12.5. The Morgan fingerprint density at radius 2 is 1.77 bits per heavy atom. The molecule has 3 nitrogen and oxygen atoms in total. The lowest BCUT2D eigenvalue weighted by atomic mass is 10.1. The highest BCUT2D eigenvalue weighted by molar-refractivity contribution is 7.96. The molecule has 0 atom stereocenters. The predicted molar refractivity (Wildman–Crippen MR) is 55.8 cm³/mol. The number of hydrogen-bond acceptors (Lipinski definition) is 2. The number of unbranched alkanes of at least 4 members (excludes halogenated alkanes) is 3. The molecule has 0 heterocycles. The zero-order valence-electron chi connectivity index (χ0n) is 8.01. The molecule has 0 bridgehead atoms. The summed E-state index contributed by atoms with van der Waals surface area (Å²) in [7, 11) is 0. The summed E-state index contributed by atoms with van der Waals surface area (Å²) in [4.78, 5) is 20.9. The Hall–Kier alpha value is -0.510.